The zero-order chi connectivity index (χ0) is 21.6. The number of carbonyl (C=O) groups excluding carboxylic acids is 2. The molecule has 0 spiro atoms. The lowest BCUT2D eigenvalue weighted by Crippen LogP contribution is -2.50. The summed E-state index contributed by atoms with van der Waals surface area (Å²) in [5.41, 5.74) is 0.262. The number of ether oxygens (including phenoxy) is 1. The molecule has 5 heteroatoms. The third-order valence-corrected chi connectivity index (χ3v) is 6.17. The van der Waals surface area contributed by atoms with E-state index in [0.717, 1.165) is 24.8 Å². The summed E-state index contributed by atoms with van der Waals surface area (Å²) in [6.07, 6.45) is 4.55. The zero-order valence-corrected chi connectivity index (χ0v) is 18.6. The number of nitrogens with zero attached hydrogens (tertiary/aromatic N) is 1. The van der Waals surface area contributed by atoms with Gasteiger partial charge in [-0.15, -0.1) is 0 Å². The van der Waals surface area contributed by atoms with E-state index in [0.29, 0.717) is 6.42 Å². The Labute approximate surface area is 175 Å². The van der Waals surface area contributed by atoms with Gasteiger partial charge in [-0.05, 0) is 38.2 Å². The molecule has 5 nitrogen and oxygen atoms in total. The van der Waals surface area contributed by atoms with Crippen LogP contribution in [-0.4, -0.2) is 39.8 Å². The van der Waals surface area contributed by atoms with Gasteiger partial charge in [-0.25, -0.2) is 9.69 Å². The Morgan fingerprint density at radius 2 is 1.83 bits per heavy atom. The Hall–Kier alpha value is -1.88. The monoisotopic (exact) mass is 403 g/mol. The summed E-state index contributed by atoms with van der Waals surface area (Å²) in [6, 6.07) is 9.39. The highest BCUT2D eigenvalue weighted by Crippen LogP contribution is 2.34. The van der Waals surface area contributed by atoms with E-state index in [9.17, 15) is 14.7 Å². The SMILES string of the molecule is CCCCCC[C@@H](C)[C@@H](O)[C@@H](C)C(=O)N1C(=O)OC(C)(C)[C@@H]1Cc1ccccc1. The van der Waals surface area contributed by atoms with Gasteiger partial charge in [0.1, 0.15) is 5.60 Å². The number of amides is 2. The quantitative estimate of drug-likeness (QED) is 0.561. The van der Waals surface area contributed by atoms with Crippen LogP contribution in [0.2, 0.25) is 0 Å². The first-order valence-electron chi connectivity index (χ1n) is 11.0. The summed E-state index contributed by atoms with van der Waals surface area (Å²) in [5, 5.41) is 10.8. The van der Waals surface area contributed by atoms with Crippen molar-refractivity contribution in [2.45, 2.75) is 90.9 Å². The maximum Gasteiger partial charge on any atom is 0.417 e. The molecule has 0 unspecified atom stereocenters. The van der Waals surface area contributed by atoms with Gasteiger partial charge in [-0.1, -0.05) is 76.8 Å². The predicted octanol–water partition coefficient (Wildman–Crippen LogP) is 4.96. The molecule has 0 aromatic heterocycles. The van der Waals surface area contributed by atoms with E-state index in [1.165, 1.54) is 17.7 Å². The molecular weight excluding hydrogens is 366 g/mol. The van der Waals surface area contributed by atoms with Crippen molar-refractivity contribution in [1.82, 2.24) is 4.90 Å². The van der Waals surface area contributed by atoms with E-state index in [2.05, 4.69) is 6.92 Å². The first-order chi connectivity index (χ1) is 13.7. The van der Waals surface area contributed by atoms with E-state index in [1.807, 2.05) is 51.1 Å². The summed E-state index contributed by atoms with van der Waals surface area (Å²) >= 11 is 0. The number of benzene rings is 1. The number of unbranched alkanes of at least 4 members (excludes halogenated alkanes) is 3. The molecule has 4 atom stereocenters. The van der Waals surface area contributed by atoms with Crippen LogP contribution in [0.4, 0.5) is 4.79 Å². The van der Waals surface area contributed by atoms with E-state index in [-0.39, 0.29) is 11.8 Å². The zero-order valence-electron chi connectivity index (χ0n) is 18.6. The maximum atomic E-state index is 13.2. The van der Waals surface area contributed by atoms with Crippen LogP contribution in [0, 0.1) is 11.8 Å². The third-order valence-electron chi connectivity index (χ3n) is 6.17. The van der Waals surface area contributed by atoms with Gasteiger partial charge in [0.2, 0.25) is 5.91 Å². The lowest BCUT2D eigenvalue weighted by atomic mass is 9.87. The number of aliphatic hydroxyl groups excluding tert-OH is 1. The Morgan fingerprint density at radius 3 is 2.45 bits per heavy atom. The van der Waals surface area contributed by atoms with Crippen molar-refractivity contribution in [2.24, 2.45) is 11.8 Å². The van der Waals surface area contributed by atoms with Crippen LogP contribution in [0.25, 0.3) is 0 Å². The van der Waals surface area contributed by atoms with Gasteiger partial charge < -0.3 is 9.84 Å². The number of hydrogen-bond donors (Lipinski definition) is 1. The highest BCUT2D eigenvalue weighted by atomic mass is 16.6. The average molecular weight is 404 g/mol. The molecule has 1 aliphatic heterocycles. The van der Waals surface area contributed by atoms with E-state index >= 15 is 0 Å². The van der Waals surface area contributed by atoms with Crippen LogP contribution in [0.15, 0.2) is 30.3 Å². The summed E-state index contributed by atoms with van der Waals surface area (Å²) in [7, 11) is 0. The topological polar surface area (TPSA) is 66.8 Å². The molecule has 2 amide bonds. The fourth-order valence-electron chi connectivity index (χ4n) is 4.12. The highest BCUT2D eigenvalue weighted by Gasteiger charge is 2.51. The molecule has 0 radical (unpaired) electrons. The Bertz CT molecular complexity index is 673. The summed E-state index contributed by atoms with van der Waals surface area (Å²) in [5.74, 6) is -1.00. The number of carbonyl (C=O) groups is 2. The van der Waals surface area contributed by atoms with Crippen LogP contribution in [0.5, 0.6) is 0 Å². The number of imide groups is 1. The van der Waals surface area contributed by atoms with E-state index in [1.54, 1.807) is 6.92 Å². The molecule has 1 saturated heterocycles. The molecule has 1 aromatic carbocycles. The van der Waals surface area contributed by atoms with E-state index in [4.69, 9.17) is 4.74 Å². The molecule has 1 fully saturated rings. The average Bonchev–Trinajstić information content (AvgIpc) is 2.92. The van der Waals surface area contributed by atoms with E-state index < -0.39 is 29.8 Å². The van der Waals surface area contributed by atoms with Crippen LogP contribution < -0.4 is 0 Å². The van der Waals surface area contributed by atoms with Gasteiger partial charge >= 0.3 is 6.09 Å². The molecule has 2 rings (SSSR count). The molecular formula is C24H37NO4. The van der Waals surface area contributed by atoms with Gasteiger partial charge in [-0.3, -0.25) is 4.79 Å². The van der Waals surface area contributed by atoms with Crippen molar-refractivity contribution in [3.63, 3.8) is 0 Å². The number of rotatable bonds is 10. The minimum atomic E-state index is -0.780. The molecule has 29 heavy (non-hydrogen) atoms. The molecule has 1 heterocycles. The third kappa shape index (κ3) is 5.81. The van der Waals surface area contributed by atoms with Crippen LogP contribution in [-0.2, 0) is 16.0 Å². The van der Waals surface area contributed by atoms with Crippen molar-refractivity contribution in [1.29, 1.82) is 0 Å². The van der Waals surface area contributed by atoms with Crippen LogP contribution >= 0.6 is 0 Å². The number of cyclic esters (lactones) is 1. The van der Waals surface area contributed by atoms with Crippen LogP contribution in [0.1, 0.15) is 72.3 Å². The maximum absolute atomic E-state index is 13.2. The van der Waals surface area contributed by atoms with Crippen LogP contribution in [0.3, 0.4) is 0 Å². The fourth-order valence-corrected chi connectivity index (χ4v) is 4.12. The molecule has 1 aliphatic rings. The molecule has 0 bridgehead atoms. The fraction of sp³-hybridized carbons (Fsp3) is 0.667. The summed E-state index contributed by atoms with van der Waals surface area (Å²) in [6.45, 7) is 9.54. The van der Waals surface area contributed by atoms with Crippen molar-refractivity contribution in [3.05, 3.63) is 35.9 Å². The molecule has 1 N–H and O–H groups in total. The Kier molecular flexibility index (Phi) is 8.26. The lowest BCUT2D eigenvalue weighted by Gasteiger charge is -2.31. The lowest BCUT2D eigenvalue weighted by molar-refractivity contribution is -0.138. The predicted molar refractivity (Wildman–Crippen MR) is 114 cm³/mol. The molecule has 1 aromatic rings. The van der Waals surface area contributed by atoms with Crippen molar-refractivity contribution >= 4 is 12.0 Å². The van der Waals surface area contributed by atoms with Crippen molar-refractivity contribution in [2.75, 3.05) is 0 Å². The molecule has 0 saturated carbocycles. The van der Waals surface area contributed by atoms with Gasteiger partial charge in [0.25, 0.3) is 0 Å². The van der Waals surface area contributed by atoms with Gasteiger partial charge in [0.15, 0.2) is 0 Å². The molecule has 162 valence electrons. The van der Waals surface area contributed by atoms with Gasteiger partial charge in [0.05, 0.1) is 18.1 Å². The minimum Gasteiger partial charge on any atom is -0.441 e. The first-order valence-corrected chi connectivity index (χ1v) is 11.0. The smallest absolute Gasteiger partial charge is 0.417 e. The second kappa shape index (κ2) is 10.2. The summed E-state index contributed by atoms with van der Waals surface area (Å²) in [4.78, 5) is 27.0. The standard InChI is InChI=1S/C24H37NO4/c1-6-7-8-10-13-17(2)21(26)18(3)22(27)25-20(24(4,5)29-23(25)28)16-19-14-11-9-12-15-19/h9,11-12,14-15,17-18,20-21,26H,6-8,10,13,16H2,1-5H3/t17-,18-,20+,21-/m1/s1. The second-order valence-electron chi connectivity index (χ2n) is 8.99. The van der Waals surface area contributed by atoms with Gasteiger partial charge in [0, 0.05) is 0 Å². The minimum absolute atomic E-state index is 0.00464. The first kappa shape index (κ1) is 23.4. The van der Waals surface area contributed by atoms with Crippen molar-refractivity contribution < 1.29 is 19.4 Å². The summed E-state index contributed by atoms with van der Waals surface area (Å²) < 4.78 is 5.53. The van der Waals surface area contributed by atoms with Gasteiger partial charge in [-0.2, -0.15) is 0 Å². The van der Waals surface area contributed by atoms with Crippen molar-refractivity contribution in [3.8, 4) is 0 Å². The largest absolute Gasteiger partial charge is 0.441 e. The second-order valence-corrected chi connectivity index (χ2v) is 8.99. The normalized spacial score (nSPS) is 21.5. The number of aliphatic hydroxyl groups is 1. The highest BCUT2D eigenvalue weighted by molar-refractivity contribution is 5.95. The Balaban J connectivity index is 2.10. The number of hydrogen-bond acceptors (Lipinski definition) is 4. The molecule has 0 aliphatic carbocycles. The Morgan fingerprint density at radius 1 is 1.17 bits per heavy atom.